The first-order valence-electron chi connectivity index (χ1n) is 33.2. The summed E-state index contributed by atoms with van der Waals surface area (Å²) in [4.78, 5) is 171. The first kappa shape index (κ1) is 81.1. The largest absolute Gasteiger partial charge is 0.450 e. The third kappa shape index (κ3) is 24.2. The van der Waals surface area contributed by atoms with E-state index >= 15 is 14.4 Å². The lowest BCUT2D eigenvalue weighted by atomic mass is 9.91. The quantitative estimate of drug-likeness (QED) is 0.123. The molecule has 0 radical (unpaired) electrons. The molecule has 2 saturated heterocycles. The van der Waals surface area contributed by atoms with Gasteiger partial charge < -0.3 is 65.2 Å². The standard InChI is InChI=1S/C66H119N11O14/c1-24-46-61(84)71(18)36-52(78)72(19)49(33-39(6)7)58(81)69-47(31-37(2)3)62(85)73(20)50(34-40(8)9)57(80)67-45(17)66(89)91-56(43(14)15)65(88)74(21)51(35-41(10)11)59(82)70-48(32-38(4)5)63(86)75(22)53(42(12)13)64(87)76(23)54(60(83)68-46)55(79)44(16)25-26-77-27-29-90-30-28-77/h37-51,53-56,79H,24-36H2,1-23H3,(H,67,80)(H,68,83)(H,69,81)(H,70,82)/t44-,45+,46+,47+,48+,49+,50+,51+,53+,54+,55-,56-/m1/s1. The smallest absolute Gasteiger partial charge is 0.329 e. The zero-order valence-corrected chi connectivity index (χ0v) is 59.5. The monoisotopic (exact) mass is 1290 g/mol. The van der Waals surface area contributed by atoms with E-state index in [9.17, 15) is 43.5 Å². The van der Waals surface area contributed by atoms with Crippen molar-refractivity contribution in [2.75, 3.05) is 81.7 Å². The summed E-state index contributed by atoms with van der Waals surface area (Å²) in [7, 11) is 8.44. The molecule has 2 rings (SSSR count). The minimum absolute atomic E-state index is 0.0177. The number of esters is 1. The fourth-order valence-electron chi connectivity index (χ4n) is 11.7. The molecule has 0 spiro atoms. The Morgan fingerprint density at radius 3 is 1.31 bits per heavy atom. The van der Waals surface area contributed by atoms with Crippen LogP contribution >= 0.6 is 0 Å². The third-order valence-electron chi connectivity index (χ3n) is 17.3. The van der Waals surface area contributed by atoms with Crippen LogP contribution in [0.15, 0.2) is 0 Å². The van der Waals surface area contributed by atoms with Crippen LogP contribution in [0.5, 0.6) is 0 Å². The molecule has 10 amide bonds. The van der Waals surface area contributed by atoms with Crippen LogP contribution in [0.4, 0.5) is 0 Å². The number of likely N-dealkylation sites (N-methyl/N-ethyl adjacent to an activating group) is 6. The normalized spacial score (nSPS) is 27.0. The van der Waals surface area contributed by atoms with Crippen LogP contribution in [-0.2, 0) is 62.2 Å². The molecule has 12 atom stereocenters. The number of ether oxygens (including phenoxy) is 2. The Kier molecular flexibility index (Phi) is 33.6. The Labute approximate surface area is 544 Å². The fraction of sp³-hybridized carbons (Fsp3) is 0.833. The SMILES string of the molecule is CC[C@@H]1NC(=O)[C@H]([C@H](O)[C@H](C)CCN2CCOCC2)N(C)C(=O)[C@H](C(C)C)N(C)C(=O)[C@H](CC(C)C)NC(=O)[C@H](CC(C)C)N(C)C(=O)[C@@H](C(C)C)OC(=O)[C@H](C)NC(=O)[C@H](CC(C)C)N(C)C(=O)[C@H](CC(C)C)NC(=O)[C@H](CC(C)C)N(C)C(=O)CN(C)C1=O. The van der Waals surface area contributed by atoms with Crippen LogP contribution in [0, 0.1) is 47.3 Å². The highest BCUT2D eigenvalue weighted by molar-refractivity contribution is 5.99. The van der Waals surface area contributed by atoms with Gasteiger partial charge in [-0.3, -0.25) is 52.8 Å². The Hall–Kier alpha value is -5.95. The number of amides is 10. The van der Waals surface area contributed by atoms with Crippen LogP contribution in [0.25, 0.3) is 0 Å². The van der Waals surface area contributed by atoms with E-state index in [1.54, 1.807) is 41.5 Å². The number of cyclic esters (lactones) is 1. The summed E-state index contributed by atoms with van der Waals surface area (Å²) in [6.45, 7) is 32.6. The number of carbonyl (C=O) groups excluding carboxylic acids is 11. The highest BCUT2D eigenvalue weighted by atomic mass is 16.6. The Balaban J connectivity index is 2.99. The molecular weight excluding hydrogens is 1170 g/mol. The van der Waals surface area contributed by atoms with Gasteiger partial charge in [-0.25, -0.2) is 4.79 Å². The molecular formula is C66H119N11O14. The summed E-state index contributed by atoms with van der Waals surface area (Å²) in [6.07, 6.45) is -1.89. The molecule has 25 nitrogen and oxygen atoms in total. The van der Waals surface area contributed by atoms with Crippen molar-refractivity contribution in [3.05, 3.63) is 0 Å². The Bertz CT molecular complexity index is 2430. The molecule has 0 aromatic carbocycles. The number of nitrogens with one attached hydrogen (secondary N) is 4. The van der Waals surface area contributed by atoms with Crippen LogP contribution in [0.3, 0.4) is 0 Å². The van der Waals surface area contributed by atoms with E-state index in [1.165, 1.54) is 68.8 Å². The van der Waals surface area contributed by atoms with Gasteiger partial charge in [-0.2, -0.15) is 0 Å². The number of hydrogen-bond acceptors (Lipinski definition) is 15. The second kappa shape index (κ2) is 37.7. The number of morpholine rings is 1. The molecule has 522 valence electrons. The van der Waals surface area contributed by atoms with Gasteiger partial charge in [0, 0.05) is 55.4 Å². The minimum Gasteiger partial charge on any atom is -0.450 e. The van der Waals surface area contributed by atoms with E-state index < -0.39 is 156 Å². The lowest BCUT2D eigenvalue weighted by molar-refractivity contribution is -0.166. The molecule has 0 aromatic rings. The molecule has 5 N–H and O–H groups in total. The summed E-state index contributed by atoms with van der Waals surface area (Å²) in [6, 6.07) is -11.5. The molecule has 2 aliphatic rings. The van der Waals surface area contributed by atoms with Crippen molar-refractivity contribution in [3.8, 4) is 0 Å². The van der Waals surface area contributed by atoms with Crippen LogP contribution in [0.1, 0.15) is 163 Å². The number of hydrogen-bond donors (Lipinski definition) is 5. The second-order valence-electron chi connectivity index (χ2n) is 28.5. The van der Waals surface area contributed by atoms with Crippen molar-refractivity contribution in [3.63, 3.8) is 0 Å². The average Bonchev–Trinajstić information content (AvgIpc) is 0.932. The summed E-state index contributed by atoms with van der Waals surface area (Å²) >= 11 is 0. The average molecular weight is 1290 g/mol. The fourth-order valence-corrected chi connectivity index (χ4v) is 11.7. The Morgan fingerprint density at radius 2 is 0.879 bits per heavy atom. The zero-order valence-electron chi connectivity index (χ0n) is 59.5. The topological polar surface area (TPSA) is 297 Å². The van der Waals surface area contributed by atoms with E-state index in [2.05, 4.69) is 26.2 Å². The number of rotatable bonds is 18. The summed E-state index contributed by atoms with van der Waals surface area (Å²) in [5.74, 6) is -10.6. The zero-order chi connectivity index (χ0) is 69.8. The number of nitrogens with zero attached hydrogens (tertiary/aromatic N) is 7. The van der Waals surface area contributed by atoms with Crippen LogP contribution in [-0.4, -0.2) is 253 Å². The second-order valence-corrected chi connectivity index (χ2v) is 28.5. The third-order valence-corrected chi connectivity index (χ3v) is 17.3. The highest BCUT2D eigenvalue weighted by Crippen LogP contribution is 2.25. The molecule has 2 aliphatic heterocycles. The van der Waals surface area contributed by atoms with Gasteiger partial charge in [0.1, 0.15) is 54.4 Å². The minimum atomic E-state index is -1.62. The summed E-state index contributed by atoms with van der Waals surface area (Å²) < 4.78 is 11.5. The molecule has 25 heteroatoms. The van der Waals surface area contributed by atoms with Gasteiger partial charge in [0.2, 0.25) is 53.2 Å². The van der Waals surface area contributed by atoms with E-state index in [-0.39, 0.29) is 68.1 Å². The van der Waals surface area contributed by atoms with Crippen molar-refractivity contribution in [2.24, 2.45) is 47.3 Å². The number of carbonyl (C=O) groups is 11. The van der Waals surface area contributed by atoms with E-state index in [0.717, 1.165) is 9.80 Å². The van der Waals surface area contributed by atoms with Gasteiger partial charge in [-0.05, 0) is 106 Å². The molecule has 0 saturated carbocycles. The molecule has 2 fully saturated rings. The van der Waals surface area contributed by atoms with Crippen molar-refractivity contribution in [1.82, 2.24) is 55.6 Å². The molecule has 0 bridgehead atoms. The summed E-state index contributed by atoms with van der Waals surface area (Å²) in [5, 5.41) is 23.7. The first-order valence-corrected chi connectivity index (χ1v) is 33.2. The van der Waals surface area contributed by atoms with Gasteiger partial charge in [0.15, 0.2) is 6.10 Å². The molecule has 0 unspecified atom stereocenters. The lowest BCUT2D eigenvalue weighted by Gasteiger charge is -2.40. The highest BCUT2D eigenvalue weighted by Gasteiger charge is 2.45. The van der Waals surface area contributed by atoms with Gasteiger partial charge in [0.05, 0.1) is 25.9 Å². The number of aliphatic hydroxyl groups is 1. The number of aliphatic hydroxyl groups excluding tert-OH is 1. The molecule has 0 aliphatic carbocycles. The van der Waals surface area contributed by atoms with Gasteiger partial charge in [0.25, 0.3) is 5.91 Å². The van der Waals surface area contributed by atoms with Crippen molar-refractivity contribution >= 4 is 65.0 Å². The predicted octanol–water partition coefficient (Wildman–Crippen LogP) is 3.14. The Morgan fingerprint density at radius 1 is 0.473 bits per heavy atom. The maximum Gasteiger partial charge on any atom is 0.329 e. The molecule has 91 heavy (non-hydrogen) atoms. The molecule has 2 heterocycles. The van der Waals surface area contributed by atoms with Crippen LogP contribution < -0.4 is 21.3 Å². The van der Waals surface area contributed by atoms with Gasteiger partial charge in [-0.1, -0.05) is 111 Å². The van der Waals surface area contributed by atoms with Crippen molar-refractivity contribution in [1.29, 1.82) is 0 Å². The maximum absolute atomic E-state index is 15.3. The lowest BCUT2D eigenvalue weighted by Crippen LogP contribution is -2.63. The summed E-state index contributed by atoms with van der Waals surface area (Å²) in [5.41, 5.74) is 0. The van der Waals surface area contributed by atoms with E-state index in [4.69, 9.17) is 9.47 Å². The first-order chi connectivity index (χ1) is 42.2. The van der Waals surface area contributed by atoms with Crippen molar-refractivity contribution in [2.45, 2.75) is 229 Å². The van der Waals surface area contributed by atoms with Gasteiger partial charge >= 0.3 is 5.97 Å². The van der Waals surface area contributed by atoms with Gasteiger partial charge in [-0.15, -0.1) is 0 Å². The molecule has 0 aromatic heterocycles. The van der Waals surface area contributed by atoms with E-state index in [0.29, 0.717) is 39.3 Å². The van der Waals surface area contributed by atoms with Crippen LogP contribution in [0.2, 0.25) is 0 Å². The maximum atomic E-state index is 15.3. The predicted molar refractivity (Wildman–Crippen MR) is 348 cm³/mol. The van der Waals surface area contributed by atoms with Crippen molar-refractivity contribution < 1.29 is 67.3 Å². The van der Waals surface area contributed by atoms with E-state index in [1.807, 2.05) is 69.2 Å².